The summed E-state index contributed by atoms with van der Waals surface area (Å²) in [4.78, 5) is 26.3. The van der Waals surface area contributed by atoms with Crippen LogP contribution in [0.2, 0.25) is 0 Å². The van der Waals surface area contributed by atoms with Gasteiger partial charge in [-0.1, -0.05) is 24.3 Å². The lowest BCUT2D eigenvalue weighted by atomic mass is 10.1. The van der Waals surface area contributed by atoms with Gasteiger partial charge in [0.1, 0.15) is 6.54 Å². The van der Waals surface area contributed by atoms with E-state index in [9.17, 15) is 22.8 Å². The fourth-order valence-corrected chi connectivity index (χ4v) is 2.90. The van der Waals surface area contributed by atoms with Crippen LogP contribution < -0.4 is 0 Å². The Morgan fingerprint density at radius 2 is 1.86 bits per heavy atom. The van der Waals surface area contributed by atoms with Crippen LogP contribution in [-0.4, -0.2) is 40.1 Å². The number of carbonyl (C=O) groups is 2. The molecule has 152 valence electrons. The molecule has 1 amide bonds. The summed E-state index contributed by atoms with van der Waals surface area (Å²) >= 11 is 0. The number of para-hydroxylation sites is 1. The SMILES string of the molecule is CCOC(=O)CN(Cc1ccc(C(F)(F)F)cc1)C(=O)c1cccc2cn[nH]c12. The standard InChI is InChI=1S/C20H18F3N3O3/c1-2-29-17(27)12-26(11-13-6-8-15(9-7-13)20(21,22)23)19(28)16-5-3-4-14-10-24-25-18(14)16/h3-10H,2,11-12H2,1H3,(H,24,25). The van der Waals surface area contributed by atoms with Gasteiger partial charge in [-0.3, -0.25) is 14.7 Å². The predicted octanol–water partition coefficient (Wildman–Crippen LogP) is 3.79. The monoisotopic (exact) mass is 405 g/mol. The number of hydrogen-bond donors (Lipinski definition) is 1. The fourth-order valence-electron chi connectivity index (χ4n) is 2.90. The van der Waals surface area contributed by atoms with Gasteiger partial charge in [0.2, 0.25) is 0 Å². The van der Waals surface area contributed by atoms with Crippen LogP contribution in [0.1, 0.15) is 28.4 Å². The first-order valence-corrected chi connectivity index (χ1v) is 8.82. The highest BCUT2D eigenvalue weighted by molar-refractivity contribution is 6.06. The van der Waals surface area contributed by atoms with Crippen molar-refractivity contribution < 1.29 is 27.5 Å². The van der Waals surface area contributed by atoms with Crippen molar-refractivity contribution in [1.29, 1.82) is 0 Å². The maximum atomic E-state index is 13.1. The summed E-state index contributed by atoms with van der Waals surface area (Å²) in [6.07, 6.45) is -2.88. The Hall–Kier alpha value is -3.36. The van der Waals surface area contributed by atoms with E-state index in [0.29, 0.717) is 16.6 Å². The van der Waals surface area contributed by atoms with E-state index in [-0.39, 0.29) is 19.7 Å². The van der Waals surface area contributed by atoms with Crippen molar-refractivity contribution in [1.82, 2.24) is 15.1 Å². The summed E-state index contributed by atoms with van der Waals surface area (Å²) in [6.45, 7) is 1.40. The van der Waals surface area contributed by atoms with E-state index >= 15 is 0 Å². The number of nitrogens with zero attached hydrogens (tertiary/aromatic N) is 2. The Balaban J connectivity index is 1.89. The Morgan fingerprint density at radius 3 is 2.52 bits per heavy atom. The molecule has 0 saturated carbocycles. The lowest BCUT2D eigenvalue weighted by Gasteiger charge is -2.22. The quantitative estimate of drug-likeness (QED) is 0.634. The van der Waals surface area contributed by atoms with E-state index < -0.39 is 23.6 Å². The number of amides is 1. The summed E-state index contributed by atoms with van der Waals surface area (Å²) in [7, 11) is 0. The molecule has 3 aromatic rings. The van der Waals surface area contributed by atoms with Gasteiger partial charge in [0.25, 0.3) is 5.91 Å². The van der Waals surface area contributed by atoms with E-state index in [1.165, 1.54) is 17.0 Å². The third kappa shape index (κ3) is 4.74. The van der Waals surface area contributed by atoms with E-state index in [4.69, 9.17) is 4.74 Å². The molecule has 0 unspecified atom stereocenters. The van der Waals surface area contributed by atoms with Crippen molar-refractivity contribution in [3.63, 3.8) is 0 Å². The minimum Gasteiger partial charge on any atom is -0.465 e. The van der Waals surface area contributed by atoms with E-state index in [2.05, 4.69) is 10.2 Å². The Kier molecular flexibility index (Phi) is 5.86. The average Bonchev–Trinajstić information content (AvgIpc) is 3.15. The molecule has 0 spiro atoms. The average molecular weight is 405 g/mol. The van der Waals surface area contributed by atoms with Gasteiger partial charge in [-0.15, -0.1) is 0 Å². The number of ether oxygens (including phenoxy) is 1. The number of benzene rings is 2. The third-order valence-electron chi connectivity index (χ3n) is 4.27. The molecule has 29 heavy (non-hydrogen) atoms. The van der Waals surface area contributed by atoms with E-state index in [0.717, 1.165) is 17.5 Å². The number of nitrogens with one attached hydrogen (secondary N) is 1. The van der Waals surface area contributed by atoms with Crippen molar-refractivity contribution in [3.8, 4) is 0 Å². The third-order valence-corrected chi connectivity index (χ3v) is 4.27. The van der Waals surface area contributed by atoms with Crippen molar-refractivity contribution >= 4 is 22.8 Å². The molecule has 0 aliphatic carbocycles. The molecule has 0 saturated heterocycles. The molecule has 2 aromatic carbocycles. The van der Waals surface area contributed by atoms with Crippen LogP contribution in [-0.2, 0) is 22.3 Å². The molecule has 0 aliphatic heterocycles. The Labute approximate surface area is 164 Å². The van der Waals surface area contributed by atoms with E-state index in [1.807, 2.05) is 0 Å². The van der Waals surface area contributed by atoms with Crippen LogP contribution in [0.15, 0.2) is 48.7 Å². The van der Waals surface area contributed by atoms with Gasteiger partial charge >= 0.3 is 12.1 Å². The highest BCUT2D eigenvalue weighted by Crippen LogP contribution is 2.29. The fraction of sp³-hybridized carbons (Fsp3) is 0.250. The first-order chi connectivity index (χ1) is 13.8. The van der Waals surface area contributed by atoms with Crippen molar-refractivity contribution in [2.45, 2.75) is 19.6 Å². The molecule has 9 heteroatoms. The zero-order chi connectivity index (χ0) is 21.0. The van der Waals surface area contributed by atoms with Crippen LogP contribution >= 0.6 is 0 Å². The van der Waals surface area contributed by atoms with Crippen LogP contribution in [0.25, 0.3) is 10.9 Å². The number of aromatic amines is 1. The van der Waals surface area contributed by atoms with Gasteiger partial charge in [-0.25, -0.2) is 0 Å². The van der Waals surface area contributed by atoms with Gasteiger partial charge in [0.15, 0.2) is 0 Å². The van der Waals surface area contributed by atoms with Crippen LogP contribution in [0.4, 0.5) is 13.2 Å². The summed E-state index contributed by atoms with van der Waals surface area (Å²) in [6, 6.07) is 9.51. The molecule has 0 radical (unpaired) electrons. The normalized spacial score (nSPS) is 11.4. The van der Waals surface area contributed by atoms with Gasteiger partial charge < -0.3 is 9.64 Å². The number of rotatable bonds is 6. The number of carbonyl (C=O) groups excluding carboxylic acids is 2. The number of esters is 1. The molecule has 0 bridgehead atoms. The molecular formula is C20H18F3N3O3. The zero-order valence-electron chi connectivity index (χ0n) is 15.5. The molecule has 3 rings (SSSR count). The molecule has 1 heterocycles. The van der Waals surface area contributed by atoms with Crippen molar-refractivity contribution in [2.75, 3.05) is 13.2 Å². The van der Waals surface area contributed by atoms with Crippen molar-refractivity contribution in [3.05, 3.63) is 65.4 Å². The molecule has 0 fully saturated rings. The summed E-state index contributed by atoms with van der Waals surface area (Å²) in [5, 5.41) is 7.39. The van der Waals surface area contributed by atoms with Gasteiger partial charge in [0.05, 0.1) is 29.4 Å². The number of fused-ring (bicyclic) bond motifs is 1. The first-order valence-electron chi connectivity index (χ1n) is 8.82. The number of hydrogen-bond acceptors (Lipinski definition) is 4. The maximum Gasteiger partial charge on any atom is 0.416 e. The van der Waals surface area contributed by atoms with Gasteiger partial charge in [-0.2, -0.15) is 18.3 Å². The summed E-state index contributed by atoms with van der Waals surface area (Å²) < 4.78 is 43.2. The van der Waals surface area contributed by atoms with Crippen LogP contribution in [0, 0.1) is 0 Å². The maximum absolute atomic E-state index is 13.1. The smallest absolute Gasteiger partial charge is 0.416 e. The van der Waals surface area contributed by atoms with Crippen LogP contribution in [0.5, 0.6) is 0 Å². The molecule has 0 aliphatic rings. The first kappa shape index (κ1) is 20.4. The number of halogens is 3. The molecule has 1 aromatic heterocycles. The van der Waals surface area contributed by atoms with Gasteiger partial charge in [0, 0.05) is 11.9 Å². The highest BCUT2D eigenvalue weighted by atomic mass is 19.4. The second kappa shape index (κ2) is 8.34. The van der Waals surface area contributed by atoms with Crippen molar-refractivity contribution in [2.24, 2.45) is 0 Å². The lowest BCUT2D eigenvalue weighted by Crippen LogP contribution is -2.36. The molecule has 6 nitrogen and oxygen atoms in total. The topological polar surface area (TPSA) is 75.3 Å². The second-order valence-corrected chi connectivity index (χ2v) is 6.30. The number of alkyl halides is 3. The largest absolute Gasteiger partial charge is 0.465 e. The predicted molar refractivity (Wildman–Crippen MR) is 98.9 cm³/mol. The Morgan fingerprint density at radius 1 is 1.14 bits per heavy atom. The lowest BCUT2D eigenvalue weighted by molar-refractivity contribution is -0.144. The Bertz CT molecular complexity index is 1010. The number of H-pyrrole nitrogens is 1. The second-order valence-electron chi connectivity index (χ2n) is 6.30. The summed E-state index contributed by atoms with van der Waals surface area (Å²) in [5.41, 5.74) is 0.481. The minimum atomic E-state index is -4.45. The van der Waals surface area contributed by atoms with Gasteiger partial charge in [-0.05, 0) is 30.7 Å². The van der Waals surface area contributed by atoms with Crippen LogP contribution in [0.3, 0.4) is 0 Å². The number of aromatic nitrogens is 2. The van der Waals surface area contributed by atoms with E-state index in [1.54, 1.807) is 31.3 Å². The zero-order valence-corrected chi connectivity index (χ0v) is 15.5. The molecule has 0 atom stereocenters. The summed E-state index contributed by atoms with van der Waals surface area (Å²) in [5.74, 6) is -1.07. The highest BCUT2D eigenvalue weighted by Gasteiger charge is 2.30. The minimum absolute atomic E-state index is 0.0552. The molecule has 1 N–H and O–H groups in total. The molecular weight excluding hydrogens is 387 g/mol.